The molecule has 26 heavy (non-hydrogen) atoms. The highest BCUT2D eigenvalue weighted by Crippen LogP contribution is 2.40. The monoisotopic (exact) mass is 355 g/mol. The predicted molar refractivity (Wildman–Crippen MR) is 93.2 cm³/mol. The maximum absolute atomic E-state index is 13.1. The van der Waals surface area contributed by atoms with E-state index < -0.39 is 0 Å². The first-order valence-corrected chi connectivity index (χ1v) is 8.10. The zero-order valence-corrected chi connectivity index (χ0v) is 14.4. The van der Waals surface area contributed by atoms with E-state index in [1.54, 1.807) is 12.1 Å². The van der Waals surface area contributed by atoms with Crippen LogP contribution in [0.25, 0.3) is 0 Å². The van der Waals surface area contributed by atoms with E-state index in [4.69, 9.17) is 18.9 Å². The number of rotatable bonds is 4. The molecule has 0 spiro atoms. The second-order valence-electron chi connectivity index (χ2n) is 5.87. The molecule has 0 aliphatic carbocycles. The Kier molecular flexibility index (Phi) is 3.91. The van der Waals surface area contributed by atoms with Gasteiger partial charge in [0, 0.05) is 12.1 Å². The first kappa shape index (κ1) is 16.3. The van der Waals surface area contributed by atoms with E-state index in [9.17, 15) is 9.90 Å². The summed E-state index contributed by atoms with van der Waals surface area (Å²) in [6.45, 7) is 0.650. The van der Waals surface area contributed by atoms with Gasteiger partial charge in [-0.25, -0.2) is 0 Å². The van der Waals surface area contributed by atoms with Crippen LogP contribution in [0.5, 0.6) is 28.7 Å². The molecule has 0 fully saturated rings. The summed E-state index contributed by atoms with van der Waals surface area (Å²) in [5, 5.41) is 10.5. The fraction of sp³-hybridized carbons (Fsp3) is 0.263. The average molecular weight is 355 g/mol. The molecular weight excluding hydrogens is 338 g/mol. The van der Waals surface area contributed by atoms with Crippen LogP contribution < -0.4 is 18.9 Å². The van der Waals surface area contributed by atoms with Gasteiger partial charge in [0.05, 0.1) is 19.8 Å². The van der Waals surface area contributed by atoms with Crippen molar-refractivity contribution in [2.24, 2.45) is 4.99 Å². The van der Waals surface area contributed by atoms with Crippen molar-refractivity contribution in [1.82, 2.24) is 0 Å². The third-order valence-corrected chi connectivity index (χ3v) is 4.48. The van der Waals surface area contributed by atoms with Crippen molar-refractivity contribution in [3.05, 3.63) is 41.0 Å². The standard InChI is InChI=1S/C19H17NO6/c1-23-13-4-3-11(18(22)19(13)24-2)17(21)16-12-8-15-14(25-9-26-15)7-10(12)5-6-20-16/h3-4,7-8,22H,5-6,9H2,1-2H3. The summed E-state index contributed by atoms with van der Waals surface area (Å²) in [5.41, 5.74) is 2.05. The number of hydrogen-bond acceptors (Lipinski definition) is 7. The number of ether oxygens (including phenoxy) is 4. The number of phenolic OH excluding ortho intramolecular Hbond substituents is 1. The van der Waals surface area contributed by atoms with E-state index >= 15 is 0 Å². The van der Waals surface area contributed by atoms with E-state index in [2.05, 4.69) is 4.99 Å². The van der Waals surface area contributed by atoms with E-state index in [1.165, 1.54) is 20.3 Å². The van der Waals surface area contributed by atoms with Crippen LogP contribution in [0.4, 0.5) is 0 Å². The lowest BCUT2D eigenvalue weighted by molar-refractivity contribution is 0.106. The number of methoxy groups -OCH3 is 2. The average Bonchev–Trinajstić information content (AvgIpc) is 3.12. The molecule has 4 rings (SSSR count). The number of nitrogens with zero attached hydrogens (tertiary/aromatic N) is 1. The number of fused-ring (bicyclic) bond motifs is 2. The Balaban J connectivity index is 1.78. The van der Waals surface area contributed by atoms with E-state index in [0.29, 0.717) is 35.8 Å². The molecule has 7 nitrogen and oxygen atoms in total. The largest absolute Gasteiger partial charge is 0.504 e. The minimum atomic E-state index is -0.386. The van der Waals surface area contributed by atoms with Gasteiger partial charge in [0.15, 0.2) is 23.0 Å². The molecule has 0 atom stereocenters. The van der Waals surface area contributed by atoms with Crippen LogP contribution in [0.3, 0.4) is 0 Å². The molecule has 0 saturated carbocycles. The quantitative estimate of drug-likeness (QED) is 0.848. The third-order valence-electron chi connectivity index (χ3n) is 4.48. The molecule has 134 valence electrons. The highest BCUT2D eigenvalue weighted by atomic mass is 16.7. The second-order valence-corrected chi connectivity index (χ2v) is 5.87. The van der Waals surface area contributed by atoms with Gasteiger partial charge in [-0.15, -0.1) is 0 Å². The van der Waals surface area contributed by atoms with Gasteiger partial charge < -0.3 is 24.1 Å². The van der Waals surface area contributed by atoms with Gasteiger partial charge >= 0.3 is 0 Å². The van der Waals surface area contributed by atoms with Gasteiger partial charge in [-0.05, 0) is 36.2 Å². The summed E-state index contributed by atoms with van der Waals surface area (Å²) in [7, 11) is 2.86. The predicted octanol–water partition coefficient (Wildman–Crippen LogP) is 2.37. The summed E-state index contributed by atoms with van der Waals surface area (Å²) in [6.07, 6.45) is 0.709. The topological polar surface area (TPSA) is 86.6 Å². The fourth-order valence-electron chi connectivity index (χ4n) is 3.20. The Labute approximate surface area is 149 Å². The highest BCUT2D eigenvalue weighted by molar-refractivity contribution is 6.52. The fourth-order valence-corrected chi connectivity index (χ4v) is 3.20. The van der Waals surface area contributed by atoms with Gasteiger partial charge in [0.25, 0.3) is 0 Å². The third kappa shape index (κ3) is 2.44. The number of ketones is 1. The van der Waals surface area contributed by atoms with Crippen LogP contribution in [0.1, 0.15) is 21.5 Å². The number of Topliss-reactive ketones (excluding diaryl/α,β-unsaturated/α-hetero) is 1. The normalized spacial score (nSPS) is 14.5. The zero-order chi connectivity index (χ0) is 18.3. The van der Waals surface area contributed by atoms with Gasteiger partial charge in [-0.1, -0.05) is 0 Å². The molecule has 2 aliphatic heterocycles. The molecule has 0 amide bonds. The van der Waals surface area contributed by atoms with Crippen molar-refractivity contribution in [3.63, 3.8) is 0 Å². The first-order valence-electron chi connectivity index (χ1n) is 8.10. The highest BCUT2D eigenvalue weighted by Gasteiger charge is 2.29. The van der Waals surface area contributed by atoms with Crippen LogP contribution >= 0.6 is 0 Å². The summed E-state index contributed by atoms with van der Waals surface area (Å²) in [4.78, 5) is 17.5. The SMILES string of the molecule is COc1ccc(C(=O)C2=NCCc3cc4c(cc32)OCO4)c(O)c1OC. The summed E-state index contributed by atoms with van der Waals surface area (Å²) in [5.74, 6) is 1.06. The lowest BCUT2D eigenvalue weighted by Gasteiger charge is -2.18. The van der Waals surface area contributed by atoms with Gasteiger partial charge in [0.2, 0.25) is 18.3 Å². The van der Waals surface area contributed by atoms with E-state index in [-0.39, 0.29) is 35.4 Å². The summed E-state index contributed by atoms with van der Waals surface area (Å²) < 4.78 is 21.1. The Bertz CT molecular complexity index is 934. The number of carbonyl (C=O) groups is 1. The van der Waals surface area contributed by atoms with Crippen molar-refractivity contribution < 1.29 is 28.8 Å². The number of aromatic hydroxyl groups is 1. The number of benzene rings is 2. The maximum Gasteiger partial charge on any atom is 0.231 e. The first-order chi connectivity index (χ1) is 12.6. The molecule has 0 radical (unpaired) electrons. The van der Waals surface area contributed by atoms with Crippen LogP contribution in [0.2, 0.25) is 0 Å². The Morgan fingerprint density at radius 2 is 1.92 bits per heavy atom. The molecule has 2 aliphatic rings. The molecule has 0 saturated heterocycles. The molecule has 0 unspecified atom stereocenters. The van der Waals surface area contributed by atoms with Crippen molar-refractivity contribution in [2.45, 2.75) is 6.42 Å². The van der Waals surface area contributed by atoms with Gasteiger partial charge in [0.1, 0.15) is 5.71 Å². The Morgan fingerprint density at radius 3 is 2.65 bits per heavy atom. The van der Waals surface area contributed by atoms with Gasteiger partial charge in [-0.2, -0.15) is 0 Å². The van der Waals surface area contributed by atoms with Crippen LogP contribution in [-0.2, 0) is 6.42 Å². The molecular formula is C19H17NO6. The molecule has 0 aromatic heterocycles. The molecule has 1 N–H and O–H groups in total. The van der Waals surface area contributed by atoms with Crippen molar-refractivity contribution in [2.75, 3.05) is 27.6 Å². The lowest BCUT2D eigenvalue weighted by Crippen LogP contribution is -2.22. The molecule has 2 aromatic rings. The molecule has 2 aromatic carbocycles. The van der Waals surface area contributed by atoms with Gasteiger partial charge in [-0.3, -0.25) is 9.79 Å². The van der Waals surface area contributed by atoms with E-state index in [1.807, 2.05) is 6.07 Å². The summed E-state index contributed by atoms with van der Waals surface area (Å²) >= 11 is 0. The number of phenols is 1. The van der Waals surface area contributed by atoms with Crippen LogP contribution in [-0.4, -0.2) is 44.2 Å². The molecule has 2 heterocycles. The van der Waals surface area contributed by atoms with Crippen molar-refractivity contribution in [1.29, 1.82) is 0 Å². The lowest BCUT2D eigenvalue weighted by atomic mass is 9.92. The minimum absolute atomic E-state index is 0.104. The van der Waals surface area contributed by atoms with Crippen LogP contribution in [0, 0.1) is 0 Å². The molecule has 7 heteroatoms. The summed E-state index contributed by atoms with van der Waals surface area (Å²) in [6, 6.07) is 6.73. The molecule has 0 bridgehead atoms. The number of hydrogen-bond donors (Lipinski definition) is 1. The van der Waals surface area contributed by atoms with Crippen molar-refractivity contribution in [3.8, 4) is 28.7 Å². The number of aliphatic imine (C=N–C) groups is 1. The zero-order valence-electron chi connectivity index (χ0n) is 14.4. The van der Waals surface area contributed by atoms with E-state index in [0.717, 1.165) is 5.56 Å². The van der Waals surface area contributed by atoms with Crippen LogP contribution in [0.15, 0.2) is 29.3 Å². The second kappa shape index (κ2) is 6.25. The number of carbonyl (C=O) groups excluding carboxylic acids is 1. The maximum atomic E-state index is 13.1. The van der Waals surface area contributed by atoms with Crippen molar-refractivity contribution >= 4 is 11.5 Å². The Morgan fingerprint density at radius 1 is 1.15 bits per heavy atom. The Hall–Kier alpha value is -3.22. The smallest absolute Gasteiger partial charge is 0.231 e. The minimum Gasteiger partial charge on any atom is -0.504 e.